The van der Waals surface area contributed by atoms with Gasteiger partial charge >= 0.3 is 0 Å². The number of aromatic nitrogens is 6. The van der Waals surface area contributed by atoms with E-state index in [4.69, 9.17) is 0 Å². The quantitative estimate of drug-likeness (QED) is 0.542. The lowest BCUT2D eigenvalue weighted by Crippen LogP contribution is -2.10. The standard InChI is InChI=1S/C18H15FN6S/c1-10-5-6-13-14(7-10)26-18-15(13)17(20-9-21-18)25-23-16(22-24-25)11-3-2-4-12(19)8-11/h2-4,8-10H,5-7H2,1H3/t10-/m1/s1. The Kier molecular flexibility index (Phi) is 3.53. The average molecular weight is 366 g/mol. The molecule has 5 rings (SSSR count). The summed E-state index contributed by atoms with van der Waals surface area (Å²) in [4.78, 5) is 12.6. The zero-order chi connectivity index (χ0) is 17.7. The van der Waals surface area contributed by atoms with Crippen LogP contribution in [0.5, 0.6) is 0 Å². The largest absolute Gasteiger partial charge is 0.225 e. The fourth-order valence-electron chi connectivity index (χ4n) is 3.46. The van der Waals surface area contributed by atoms with Crippen LogP contribution in [0.2, 0.25) is 0 Å². The van der Waals surface area contributed by atoms with Crippen molar-refractivity contribution in [3.8, 4) is 17.2 Å². The first-order valence-electron chi connectivity index (χ1n) is 8.50. The topological polar surface area (TPSA) is 69.4 Å². The predicted octanol–water partition coefficient (Wildman–Crippen LogP) is 3.60. The molecule has 0 saturated heterocycles. The summed E-state index contributed by atoms with van der Waals surface area (Å²) in [6.45, 7) is 2.28. The Bertz CT molecular complexity index is 1120. The van der Waals surface area contributed by atoms with Gasteiger partial charge in [-0.3, -0.25) is 0 Å². The maximum Gasteiger partial charge on any atom is 0.205 e. The highest BCUT2D eigenvalue weighted by Gasteiger charge is 2.24. The first kappa shape index (κ1) is 15.5. The second-order valence-electron chi connectivity index (χ2n) is 6.64. The van der Waals surface area contributed by atoms with Gasteiger partial charge in [0.05, 0.1) is 5.39 Å². The highest BCUT2D eigenvalue weighted by molar-refractivity contribution is 7.18. The van der Waals surface area contributed by atoms with E-state index in [0.29, 0.717) is 23.1 Å². The Morgan fingerprint density at radius 1 is 1.27 bits per heavy atom. The molecule has 1 aliphatic carbocycles. The number of hydrogen-bond acceptors (Lipinski definition) is 6. The second-order valence-corrected chi connectivity index (χ2v) is 7.73. The van der Waals surface area contributed by atoms with Crippen LogP contribution in [0.4, 0.5) is 4.39 Å². The molecule has 0 fully saturated rings. The first-order valence-corrected chi connectivity index (χ1v) is 9.32. The number of aryl methyl sites for hydroxylation is 1. The van der Waals surface area contributed by atoms with Crippen LogP contribution in [0.25, 0.3) is 27.4 Å². The number of benzene rings is 1. The molecule has 0 bridgehead atoms. The molecule has 0 radical (unpaired) electrons. The number of rotatable bonds is 2. The summed E-state index contributed by atoms with van der Waals surface area (Å²) in [6, 6.07) is 6.17. The van der Waals surface area contributed by atoms with E-state index >= 15 is 0 Å². The van der Waals surface area contributed by atoms with E-state index in [0.717, 1.165) is 29.5 Å². The third-order valence-corrected chi connectivity index (χ3v) is 5.92. The Morgan fingerprint density at radius 3 is 3.08 bits per heavy atom. The van der Waals surface area contributed by atoms with Crippen LogP contribution in [-0.4, -0.2) is 30.2 Å². The Morgan fingerprint density at radius 2 is 2.19 bits per heavy atom. The lowest BCUT2D eigenvalue weighted by Gasteiger charge is -2.17. The Hall–Kier alpha value is -2.74. The molecule has 0 spiro atoms. The van der Waals surface area contributed by atoms with Gasteiger partial charge in [0.2, 0.25) is 5.82 Å². The molecule has 0 aliphatic heterocycles. The molecule has 1 atom stereocenters. The van der Waals surface area contributed by atoms with Gasteiger partial charge in [-0.2, -0.15) is 0 Å². The second kappa shape index (κ2) is 5.91. The minimum absolute atomic E-state index is 0.329. The number of fused-ring (bicyclic) bond motifs is 3. The summed E-state index contributed by atoms with van der Waals surface area (Å²) in [5.74, 6) is 1.37. The molecule has 1 aromatic carbocycles. The number of nitrogens with zero attached hydrogens (tertiary/aromatic N) is 6. The molecule has 4 aromatic rings. The van der Waals surface area contributed by atoms with Gasteiger partial charge in [-0.15, -0.1) is 26.3 Å². The highest BCUT2D eigenvalue weighted by Crippen LogP contribution is 2.38. The van der Waals surface area contributed by atoms with E-state index in [2.05, 4.69) is 32.3 Å². The monoisotopic (exact) mass is 366 g/mol. The molecule has 8 heteroatoms. The SMILES string of the molecule is C[C@@H]1CCc2c(sc3ncnc(-n4nnc(-c5cccc(F)c5)n4)c23)C1. The first-order chi connectivity index (χ1) is 12.7. The molecular formula is C18H15FN6S. The summed E-state index contributed by atoms with van der Waals surface area (Å²) in [6.07, 6.45) is 4.79. The summed E-state index contributed by atoms with van der Waals surface area (Å²) in [7, 11) is 0. The van der Waals surface area contributed by atoms with Crippen molar-refractivity contribution in [2.75, 3.05) is 0 Å². The molecule has 3 aromatic heterocycles. The summed E-state index contributed by atoms with van der Waals surface area (Å²) < 4.78 is 13.5. The van der Waals surface area contributed by atoms with Gasteiger partial charge in [0.1, 0.15) is 17.0 Å². The number of tetrazole rings is 1. The Labute approximate surface area is 152 Å². The van der Waals surface area contributed by atoms with E-state index in [1.54, 1.807) is 23.5 Å². The van der Waals surface area contributed by atoms with Crippen molar-refractivity contribution in [1.29, 1.82) is 0 Å². The van der Waals surface area contributed by atoms with Gasteiger partial charge < -0.3 is 0 Å². The predicted molar refractivity (Wildman–Crippen MR) is 96.7 cm³/mol. The molecule has 6 nitrogen and oxygen atoms in total. The van der Waals surface area contributed by atoms with E-state index in [-0.39, 0.29) is 5.82 Å². The van der Waals surface area contributed by atoms with Crippen molar-refractivity contribution in [2.24, 2.45) is 5.92 Å². The van der Waals surface area contributed by atoms with Crippen LogP contribution in [0.1, 0.15) is 23.8 Å². The molecule has 0 saturated carbocycles. The number of thiophene rings is 1. The highest BCUT2D eigenvalue weighted by atomic mass is 32.1. The van der Waals surface area contributed by atoms with Crippen LogP contribution in [0.3, 0.4) is 0 Å². The van der Waals surface area contributed by atoms with Crippen LogP contribution >= 0.6 is 11.3 Å². The van der Waals surface area contributed by atoms with Gasteiger partial charge in [0.25, 0.3) is 0 Å². The summed E-state index contributed by atoms with van der Waals surface area (Å²) in [5.41, 5.74) is 1.89. The van der Waals surface area contributed by atoms with E-state index < -0.39 is 0 Å². The third-order valence-electron chi connectivity index (χ3n) is 4.76. The fourth-order valence-corrected chi connectivity index (χ4v) is 4.80. The van der Waals surface area contributed by atoms with Gasteiger partial charge in [0, 0.05) is 10.4 Å². The van der Waals surface area contributed by atoms with E-state index in [1.165, 1.54) is 33.7 Å². The maximum absolute atomic E-state index is 13.5. The van der Waals surface area contributed by atoms with Crippen LogP contribution < -0.4 is 0 Å². The zero-order valence-corrected chi connectivity index (χ0v) is 14.9. The van der Waals surface area contributed by atoms with Crippen LogP contribution in [0, 0.1) is 11.7 Å². The van der Waals surface area contributed by atoms with E-state index in [1.807, 2.05) is 0 Å². The van der Waals surface area contributed by atoms with Gasteiger partial charge in [0.15, 0.2) is 5.82 Å². The molecule has 26 heavy (non-hydrogen) atoms. The molecule has 0 amide bonds. The van der Waals surface area contributed by atoms with Crippen molar-refractivity contribution in [1.82, 2.24) is 30.2 Å². The molecule has 130 valence electrons. The number of hydrogen-bond donors (Lipinski definition) is 0. The zero-order valence-electron chi connectivity index (χ0n) is 14.1. The minimum atomic E-state index is -0.329. The van der Waals surface area contributed by atoms with Gasteiger partial charge in [-0.25, -0.2) is 14.4 Å². The maximum atomic E-state index is 13.5. The summed E-state index contributed by atoms with van der Waals surface area (Å²) in [5, 5.41) is 13.7. The lowest BCUT2D eigenvalue weighted by molar-refractivity contribution is 0.509. The van der Waals surface area contributed by atoms with Gasteiger partial charge in [-0.05, 0) is 48.1 Å². The average Bonchev–Trinajstić information content (AvgIpc) is 3.25. The smallest absolute Gasteiger partial charge is 0.205 e. The van der Waals surface area contributed by atoms with Crippen molar-refractivity contribution < 1.29 is 4.39 Å². The third kappa shape index (κ3) is 2.48. The minimum Gasteiger partial charge on any atom is -0.225 e. The molecule has 3 heterocycles. The molecule has 0 unspecified atom stereocenters. The molecular weight excluding hydrogens is 351 g/mol. The van der Waals surface area contributed by atoms with Crippen molar-refractivity contribution in [2.45, 2.75) is 26.2 Å². The van der Waals surface area contributed by atoms with Crippen molar-refractivity contribution in [3.63, 3.8) is 0 Å². The van der Waals surface area contributed by atoms with Gasteiger partial charge in [-0.1, -0.05) is 19.1 Å². The van der Waals surface area contributed by atoms with Crippen LogP contribution in [-0.2, 0) is 12.8 Å². The van der Waals surface area contributed by atoms with Crippen LogP contribution in [0.15, 0.2) is 30.6 Å². The molecule has 1 aliphatic rings. The Balaban J connectivity index is 1.64. The molecule has 0 N–H and O–H groups in total. The number of halogens is 1. The lowest BCUT2D eigenvalue weighted by atomic mass is 9.89. The van der Waals surface area contributed by atoms with E-state index in [9.17, 15) is 4.39 Å². The summed E-state index contributed by atoms with van der Waals surface area (Å²) >= 11 is 1.73. The normalized spacial score (nSPS) is 16.8. The van der Waals surface area contributed by atoms with Crippen molar-refractivity contribution >= 4 is 21.6 Å². The van der Waals surface area contributed by atoms with Crippen molar-refractivity contribution in [3.05, 3.63) is 46.9 Å². The fraction of sp³-hybridized carbons (Fsp3) is 0.278.